The number of methoxy groups -OCH3 is 1. The summed E-state index contributed by atoms with van der Waals surface area (Å²) < 4.78 is 6.86. The summed E-state index contributed by atoms with van der Waals surface area (Å²) in [6.45, 7) is 6.62. The molecule has 0 saturated carbocycles. The van der Waals surface area contributed by atoms with Crippen LogP contribution in [0.4, 0.5) is 0 Å². The SMILES string of the molecule is COCCN1CCC(Cn2cncc(C)c2=O)CC1. The zero-order valence-electron chi connectivity index (χ0n) is 11.8. The molecule has 5 heteroatoms. The molecule has 0 atom stereocenters. The Balaban J connectivity index is 1.85. The van der Waals surface area contributed by atoms with Crippen LogP contribution in [0.2, 0.25) is 0 Å². The van der Waals surface area contributed by atoms with E-state index in [-0.39, 0.29) is 5.56 Å². The number of likely N-dealkylation sites (tertiary alicyclic amines) is 1. The Morgan fingerprint density at radius 3 is 2.84 bits per heavy atom. The van der Waals surface area contributed by atoms with Gasteiger partial charge in [0.25, 0.3) is 5.56 Å². The summed E-state index contributed by atoms with van der Waals surface area (Å²) in [5, 5.41) is 0. The van der Waals surface area contributed by atoms with Crippen LogP contribution in [0.3, 0.4) is 0 Å². The van der Waals surface area contributed by atoms with Crippen LogP contribution in [0.5, 0.6) is 0 Å². The second-order valence-electron chi connectivity index (χ2n) is 5.31. The molecule has 0 bridgehead atoms. The van der Waals surface area contributed by atoms with Gasteiger partial charge < -0.3 is 9.64 Å². The number of nitrogens with zero attached hydrogens (tertiary/aromatic N) is 3. The van der Waals surface area contributed by atoms with Crippen LogP contribution < -0.4 is 5.56 Å². The van der Waals surface area contributed by atoms with E-state index < -0.39 is 0 Å². The molecule has 19 heavy (non-hydrogen) atoms. The highest BCUT2D eigenvalue weighted by Gasteiger charge is 2.19. The molecule has 1 aliphatic rings. The second kappa shape index (κ2) is 6.82. The molecule has 1 saturated heterocycles. The number of hydrogen-bond donors (Lipinski definition) is 0. The van der Waals surface area contributed by atoms with E-state index >= 15 is 0 Å². The summed E-state index contributed by atoms with van der Waals surface area (Å²) >= 11 is 0. The summed E-state index contributed by atoms with van der Waals surface area (Å²) in [6.07, 6.45) is 5.58. The second-order valence-corrected chi connectivity index (χ2v) is 5.31. The molecule has 0 aromatic carbocycles. The summed E-state index contributed by atoms with van der Waals surface area (Å²) in [7, 11) is 1.74. The first-order chi connectivity index (χ1) is 9.20. The van der Waals surface area contributed by atoms with Crippen LogP contribution in [0.15, 0.2) is 17.3 Å². The van der Waals surface area contributed by atoms with E-state index in [2.05, 4.69) is 9.88 Å². The number of ether oxygens (including phenoxy) is 1. The highest BCUT2D eigenvalue weighted by atomic mass is 16.5. The summed E-state index contributed by atoms with van der Waals surface area (Å²) in [6, 6.07) is 0. The van der Waals surface area contributed by atoms with Gasteiger partial charge in [0, 0.05) is 32.0 Å². The average Bonchev–Trinajstić information content (AvgIpc) is 2.43. The average molecular weight is 265 g/mol. The van der Waals surface area contributed by atoms with E-state index in [1.807, 2.05) is 6.92 Å². The maximum Gasteiger partial charge on any atom is 0.256 e. The molecular weight excluding hydrogens is 242 g/mol. The van der Waals surface area contributed by atoms with E-state index in [9.17, 15) is 4.79 Å². The van der Waals surface area contributed by atoms with E-state index in [1.54, 1.807) is 24.2 Å². The van der Waals surface area contributed by atoms with Gasteiger partial charge in [0.05, 0.1) is 12.9 Å². The largest absolute Gasteiger partial charge is 0.383 e. The van der Waals surface area contributed by atoms with Gasteiger partial charge in [-0.05, 0) is 38.8 Å². The number of piperidine rings is 1. The Kier molecular flexibility index (Phi) is 5.10. The van der Waals surface area contributed by atoms with Crippen molar-refractivity contribution in [3.05, 3.63) is 28.4 Å². The smallest absolute Gasteiger partial charge is 0.256 e. The van der Waals surface area contributed by atoms with E-state index in [4.69, 9.17) is 4.74 Å². The number of aromatic nitrogens is 2. The predicted molar refractivity (Wildman–Crippen MR) is 74.3 cm³/mol. The summed E-state index contributed by atoms with van der Waals surface area (Å²) in [5.41, 5.74) is 0.817. The first-order valence-corrected chi connectivity index (χ1v) is 6.93. The van der Waals surface area contributed by atoms with Crippen LogP contribution in [-0.2, 0) is 11.3 Å². The molecule has 1 aliphatic heterocycles. The predicted octanol–water partition coefficient (Wildman–Crippen LogP) is 0.910. The van der Waals surface area contributed by atoms with Crippen molar-refractivity contribution in [1.29, 1.82) is 0 Å². The number of hydrogen-bond acceptors (Lipinski definition) is 4. The fraction of sp³-hybridized carbons (Fsp3) is 0.714. The van der Waals surface area contributed by atoms with Gasteiger partial charge in [0.15, 0.2) is 0 Å². The van der Waals surface area contributed by atoms with Crippen molar-refractivity contribution in [2.75, 3.05) is 33.4 Å². The van der Waals surface area contributed by atoms with Gasteiger partial charge in [0.1, 0.15) is 0 Å². The van der Waals surface area contributed by atoms with Gasteiger partial charge in [-0.15, -0.1) is 0 Å². The zero-order chi connectivity index (χ0) is 13.7. The standard InChI is InChI=1S/C14H23N3O2/c1-12-9-15-11-17(14(12)18)10-13-3-5-16(6-4-13)7-8-19-2/h9,11,13H,3-8,10H2,1-2H3. The van der Waals surface area contributed by atoms with E-state index in [0.717, 1.165) is 51.2 Å². The maximum absolute atomic E-state index is 11.9. The maximum atomic E-state index is 11.9. The molecule has 0 radical (unpaired) electrons. The molecule has 0 aliphatic carbocycles. The molecule has 1 aromatic rings. The molecule has 1 aromatic heterocycles. The van der Waals surface area contributed by atoms with Crippen molar-refractivity contribution < 1.29 is 4.74 Å². The quantitative estimate of drug-likeness (QED) is 0.794. The fourth-order valence-electron chi connectivity index (χ4n) is 2.58. The van der Waals surface area contributed by atoms with Gasteiger partial charge in [-0.3, -0.25) is 9.36 Å². The third-order valence-electron chi connectivity index (χ3n) is 3.85. The number of rotatable bonds is 5. The molecule has 106 valence electrons. The molecule has 0 N–H and O–H groups in total. The zero-order valence-corrected chi connectivity index (χ0v) is 11.8. The lowest BCUT2D eigenvalue weighted by molar-refractivity contribution is 0.116. The minimum Gasteiger partial charge on any atom is -0.383 e. The minimum atomic E-state index is 0.0943. The van der Waals surface area contributed by atoms with Gasteiger partial charge in [0.2, 0.25) is 0 Å². The van der Waals surface area contributed by atoms with Crippen LogP contribution in [0.25, 0.3) is 0 Å². The Morgan fingerprint density at radius 1 is 1.42 bits per heavy atom. The van der Waals surface area contributed by atoms with E-state index in [0.29, 0.717) is 5.92 Å². The third kappa shape index (κ3) is 3.88. The van der Waals surface area contributed by atoms with Crippen molar-refractivity contribution in [2.45, 2.75) is 26.3 Å². The first kappa shape index (κ1) is 14.2. The molecular formula is C14H23N3O2. The van der Waals surface area contributed by atoms with Crippen molar-refractivity contribution in [1.82, 2.24) is 14.5 Å². The highest BCUT2D eigenvalue weighted by molar-refractivity contribution is 5.00. The molecule has 0 unspecified atom stereocenters. The molecule has 0 amide bonds. The van der Waals surface area contributed by atoms with Crippen molar-refractivity contribution in [2.24, 2.45) is 5.92 Å². The number of aryl methyl sites for hydroxylation is 1. The van der Waals surface area contributed by atoms with Crippen molar-refractivity contribution in [3.63, 3.8) is 0 Å². The van der Waals surface area contributed by atoms with Crippen LogP contribution in [0, 0.1) is 12.8 Å². The lowest BCUT2D eigenvalue weighted by atomic mass is 9.96. The Morgan fingerprint density at radius 2 is 2.16 bits per heavy atom. The van der Waals surface area contributed by atoms with Crippen LogP contribution in [-0.4, -0.2) is 47.8 Å². The topological polar surface area (TPSA) is 47.4 Å². The summed E-state index contributed by atoms with van der Waals surface area (Å²) in [5.74, 6) is 0.583. The van der Waals surface area contributed by atoms with E-state index in [1.165, 1.54) is 0 Å². The van der Waals surface area contributed by atoms with Crippen LogP contribution >= 0.6 is 0 Å². The normalized spacial score (nSPS) is 17.8. The van der Waals surface area contributed by atoms with Crippen LogP contribution in [0.1, 0.15) is 18.4 Å². The first-order valence-electron chi connectivity index (χ1n) is 6.93. The Hall–Kier alpha value is -1.20. The molecule has 0 spiro atoms. The molecule has 2 rings (SSSR count). The Labute approximate surface area is 114 Å². The molecule has 2 heterocycles. The lowest BCUT2D eigenvalue weighted by Gasteiger charge is -2.31. The van der Waals surface area contributed by atoms with Gasteiger partial charge in [-0.1, -0.05) is 0 Å². The van der Waals surface area contributed by atoms with Crippen molar-refractivity contribution in [3.8, 4) is 0 Å². The van der Waals surface area contributed by atoms with Crippen molar-refractivity contribution >= 4 is 0 Å². The molecule has 5 nitrogen and oxygen atoms in total. The summed E-state index contributed by atoms with van der Waals surface area (Å²) in [4.78, 5) is 18.5. The lowest BCUT2D eigenvalue weighted by Crippen LogP contribution is -2.38. The van der Waals surface area contributed by atoms with Gasteiger partial charge in [-0.25, -0.2) is 4.98 Å². The van der Waals surface area contributed by atoms with Gasteiger partial charge >= 0.3 is 0 Å². The fourth-order valence-corrected chi connectivity index (χ4v) is 2.58. The monoisotopic (exact) mass is 265 g/mol. The van der Waals surface area contributed by atoms with Gasteiger partial charge in [-0.2, -0.15) is 0 Å². The molecule has 1 fully saturated rings. The minimum absolute atomic E-state index is 0.0943. The highest BCUT2D eigenvalue weighted by Crippen LogP contribution is 2.18. The third-order valence-corrected chi connectivity index (χ3v) is 3.85. The Bertz CT molecular complexity index is 450.